The molecule has 0 amide bonds. The van der Waals surface area contributed by atoms with Gasteiger partial charge in [-0.1, -0.05) is 20.8 Å². The lowest BCUT2D eigenvalue weighted by molar-refractivity contribution is -0.140. The monoisotopic (exact) mass is 196 g/mol. The number of rotatable bonds is 2. The van der Waals surface area contributed by atoms with Gasteiger partial charge in [0.25, 0.3) is 0 Å². The van der Waals surface area contributed by atoms with Crippen LogP contribution in [0, 0.1) is 0 Å². The highest BCUT2D eigenvalue weighted by Gasteiger charge is 2.19. The summed E-state index contributed by atoms with van der Waals surface area (Å²) in [5, 5.41) is 8.80. The normalized spacial score (nSPS) is 14.0. The van der Waals surface area contributed by atoms with Gasteiger partial charge in [0.1, 0.15) is 6.04 Å². The molecule has 4 nitrogen and oxygen atoms in total. The highest BCUT2D eigenvalue weighted by Crippen LogP contribution is 2.20. The topological polar surface area (TPSA) is 55.1 Å². The molecule has 0 radical (unpaired) electrons. The Morgan fingerprint density at radius 1 is 1.57 bits per heavy atom. The summed E-state index contributed by atoms with van der Waals surface area (Å²) in [6, 6.07) is -0.557. The molecule has 0 aliphatic rings. The molecule has 78 valence electrons. The van der Waals surface area contributed by atoms with Crippen molar-refractivity contribution in [2.24, 2.45) is 0 Å². The Morgan fingerprint density at radius 3 is 2.50 bits per heavy atom. The number of carbonyl (C=O) groups is 1. The van der Waals surface area contributed by atoms with Gasteiger partial charge < -0.3 is 9.67 Å². The number of carboxylic acid groups (broad SMARTS) is 1. The van der Waals surface area contributed by atoms with Crippen LogP contribution in [-0.4, -0.2) is 20.6 Å². The Kier molecular flexibility index (Phi) is 2.64. The van der Waals surface area contributed by atoms with Crippen LogP contribution in [0.4, 0.5) is 0 Å². The highest BCUT2D eigenvalue weighted by atomic mass is 16.4. The summed E-state index contributed by atoms with van der Waals surface area (Å²) in [5.74, 6) is -0.845. The van der Waals surface area contributed by atoms with E-state index in [4.69, 9.17) is 5.11 Å². The molecule has 1 heterocycles. The minimum Gasteiger partial charge on any atom is -0.480 e. The predicted octanol–water partition coefficient (Wildman–Crippen LogP) is 1.83. The maximum Gasteiger partial charge on any atom is 0.326 e. The second kappa shape index (κ2) is 3.44. The summed E-state index contributed by atoms with van der Waals surface area (Å²) in [6.45, 7) is 7.78. The minimum atomic E-state index is -0.845. The molecule has 0 saturated carbocycles. The van der Waals surface area contributed by atoms with Gasteiger partial charge in [-0.15, -0.1) is 0 Å². The number of hydrogen-bond acceptors (Lipinski definition) is 2. The molecule has 1 rings (SSSR count). The number of nitrogens with zero attached hydrogens (tertiary/aromatic N) is 2. The van der Waals surface area contributed by atoms with E-state index < -0.39 is 12.0 Å². The van der Waals surface area contributed by atoms with Gasteiger partial charge in [0.15, 0.2) is 0 Å². The summed E-state index contributed by atoms with van der Waals surface area (Å²) in [5.41, 5.74) is 0.870. The van der Waals surface area contributed by atoms with Gasteiger partial charge in [-0.25, -0.2) is 9.78 Å². The fraction of sp³-hybridized carbons (Fsp3) is 0.600. The molecule has 4 heteroatoms. The van der Waals surface area contributed by atoms with Crippen LogP contribution in [-0.2, 0) is 10.2 Å². The molecule has 1 aromatic heterocycles. The van der Waals surface area contributed by atoms with Crippen molar-refractivity contribution in [2.45, 2.75) is 39.2 Å². The molecule has 0 aromatic carbocycles. The average Bonchev–Trinajstić information content (AvgIpc) is 2.49. The summed E-state index contributed by atoms with van der Waals surface area (Å²) >= 11 is 0. The lowest BCUT2D eigenvalue weighted by Crippen LogP contribution is -2.15. The third-order valence-electron chi connectivity index (χ3n) is 2.17. The van der Waals surface area contributed by atoms with Crippen LogP contribution in [0.15, 0.2) is 12.5 Å². The predicted molar refractivity (Wildman–Crippen MR) is 53.3 cm³/mol. The third kappa shape index (κ3) is 2.13. The molecule has 0 aliphatic carbocycles. The van der Waals surface area contributed by atoms with Gasteiger partial charge in [-0.05, 0) is 6.92 Å². The second-order valence-electron chi connectivity index (χ2n) is 4.47. The fourth-order valence-corrected chi connectivity index (χ4v) is 1.06. The molecule has 1 atom stereocenters. The van der Waals surface area contributed by atoms with Crippen LogP contribution in [0.2, 0.25) is 0 Å². The molecule has 1 unspecified atom stereocenters. The first-order chi connectivity index (χ1) is 6.32. The summed E-state index contributed by atoms with van der Waals surface area (Å²) in [6.07, 6.45) is 3.36. The zero-order valence-electron chi connectivity index (χ0n) is 8.98. The quantitative estimate of drug-likeness (QED) is 0.785. The molecule has 0 aliphatic heterocycles. The maximum atomic E-state index is 10.7. The summed E-state index contributed by atoms with van der Waals surface area (Å²) in [4.78, 5) is 14.9. The summed E-state index contributed by atoms with van der Waals surface area (Å²) in [7, 11) is 0. The molecule has 14 heavy (non-hydrogen) atoms. The SMILES string of the molecule is CC(C(=O)O)n1cnc(C(C)(C)C)c1. The standard InChI is InChI=1S/C10H16N2O2/c1-7(9(13)14)12-5-8(11-6-12)10(2,3)4/h5-7H,1-4H3,(H,13,14). The largest absolute Gasteiger partial charge is 0.480 e. The first-order valence-electron chi connectivity index (χ1n) is 4.59. The number of aliphatic carboxylic acids is 1. The lowest BCUT2D eigenvalue weighted by atomic mass is 9.93. The lowest BCUT2D eigenvalue weighted by Gasteiger charge is -2.14. The van der Waals surface area contributed by atoms with Crippen LogP contribution in [0.25, 0.3) is 0 Å². The number of imidazole rings is 1. The number of aromatic nitrogens is 2. The van der Waals surface area contributed by atoms with Crippen molar-refractivity contribution in [3.63, 3.8) is 0 Å². The smallest absolute Gasteiger partial charge is 0.326 e. The Morgan fingerprint density at radius 2 is 2.14 bits per heavy atom. The summed E-state index contributed by atoms with van der Waals surface area (Å²) < 4.78 is 1.61. The van der Waals surface area contributed by atoms with E-state index >= 15 is 0 Å². The fourth-order valence-electron chi connectivity index (χ4n) is 1.06. The van der Waals surface area contributed by atoms with Crippen molar-refractivity contribution in [1.29, 1.82) is 0 Å². The molecule has 0 bridgehead atoms. The minimum absolute atomic E-state index is 0.0382. The second-order valence-corrected chi connectivity index (χ2v) is 4.47. The van der Waals surface area contributed by atoms with Gasteiger partial charge in [-0.3, -0.25) is 0 Å². The van der Waals surface area contributed by atoms with Crippen molar-refractivity contribution in [2.75, 3.05) is 0 Å². The van der Waals surface area contributed by atoms with E-state index in [1.807, 2.05) is 20.8 Å². The van der Waals surface area contributed by atoms with E-state index in [2.05, 4.69) is 4.98 Å². The van der Waals surface area contributed by atoms with Crippen LogP contribution in [0.3, 0.4) is 0 Å². The van der Waals surface area contributed by atoms with E-state index in [0.717, 1.165) is 5.69 Å². The average molecular weight is 196 g/mol. The van der Waals surface area contributed by atoms with Gasteiger partial charge in [0.05, 0.1) is 12.0 Å². The van der Waals surface area contributed by atoms with Crippen molar-refractivity contribution in [3.8, 4) is 0 Å². The van der Waals surface area contributed by atoms with Crippen LogP contribution >= 0.6 is 0 Å². The van der Waals surface area contributed by atoms with Crippen molar-refractivity contribution < 1.29 is 9.90 Å². The number of carboxylic acids is 1. The Hall–Kier alpha value is -1.32. The molecule has 0 saturated heterocycles. The molecular weight excluding hydrogens is 180 g/mol. The Labute approximate surface area is 83.6 Å². The first-order valence-corrected chi connectivity index (χ1v) is 4.59. The van der Waals surface area contributed by atoms with Crippen molar-refractivity contribution in [1.82, 2.24) is 9.55 Å². The van der Waals surface area contributed by atoms with Crippen molar-refractivity contribution >= 4 is 5.97 Å². The van der Waals surface area contributed by atoms with E-state index in [1.165, 1.54) is 0 Å². The molecule has 0 spiro atoms. The van der Waals surface area contributed by atoms with Crippen LogP contribution in [0.5, 0.6) is 0 Å². The number of hydrogen-bond donors (Lipinski definition) is 1. The highest BCUT2D eigenvalue weighted by molar-refractivity contribution is 5.71. The zero-order valence-corrected chi connectivity index (χ0v) is 8.98. The molecule has 1 aromatic rings. The Bertz CT molecular complexity index is 336. The van der Waals surface area contributed by atoms with Gasteiger partial charge in [0.2, 0.25) is 0 Å². The van der Waals surface area contributed by atoms with Gasteiger partial charge in [-0.2, -0.15) is 0 Å². The van der Waals surface area contributed by atoms with E-state index in [-0.39, 0.29) is 5.41 Å². The van der Waals surface area contributed by atoms with Crippen LogP contribution < -0.4 is 0 Å². The molecular formula is C10H16N2O2. The Balaban J connectivity index is 2.94. The van der Waals surface area contributed by atoms with E-state index in [0.29, 0.717) is 0 Å². The van der Waals surface area contributed by atoms with E-state index in [9.17, 15) is 4.79 Å². The van der Waals surface area contributed by atoms with E-state index in [1.54, 1.807) is 24.0 Å². The third-order valence-corrected chi connectivity index (χ3v) is 2.17. The zero-order chi connectivity index (χ0) is 10.9. The van der Waals surface area contributed by atoms with Crippen molar-refractivity contribution in [3.05, 3.63) is 18.2 Å². The van der Waals surface area contributed by atoms with Gasteiger partial charge in [0, 0.05) is 11.6 Å². The van der Waals surface area contributed by atoms with Crippen LogP contribution in [0.1, 0.15) is 39.4 Å². The first kappa shape index (κ1) is 10.8. The molecule has 1 N–H and O–H groups in total. The maximum absolute atomic E-state index is 10.7. The van der Waals surface area contributed by atoms with Gasteiger partial charge >= 0.3 is 5.97 Å². The molecule has 0 fully saturated rings.